The van der Waals surface area contributed by atoms with Gasteiger partial charge in [0, 0.05) is 116 Å². The molecular weight excluding hydrogens is 1340 g/mol. The zero-order valence-electron chi connectivity index (χ0n) is 61.8. The molecule has 6 amide bonds. The highest BCUT2D eigenvalue weighted by Gasteiger charge is 2.43. The lowest BCUT2D eigenvalue weighted by molar-refractivity contribution is 0.0627. The van der Waals surface area contributed by atoms with Crippen LogP contribution in [0.5, 0.6) is 23.0 Å². The molecule has 0 N–H and O–H groups in total. The highest BCUT2D eigenvalue weighted by molar-refractivity contribution is 6.25. The molecule has 1 aromatic heterocycles. The van der Waals surface area contributed by atoms with Crippen molar-refractivity contribution in [3.63, 3.8) is 0 Å². The van der Waals surface area contributed by atoms with Crippen LogP contribution in [0.4, 0.5) is 17.1 Å². The van der Waals surface area contributed by atoms with E-state index in [4.69, 9.17) is 18.9 Å². The van der Waals surface area contributed by atoms with E-state index in [1.807, 2.05) is 101 Å². The normalized spacial score (nSPS) is 16.3. The number of anilines is 3. The first-order chi connectivity index (χ1) is 51.5. The fourth-order valence-corrected chi connectivity index (χ4v) is 15.2. The number of methoxy groups -OCH3 is 3. The highest BCUT2D eigenvalue weighted by atomic mass is 16.5. The van der Waals surface area contributed by atoms with E-state index in [-0.39, 0.29) is 55.1 Å². The maximum absolute atomic E-state index is 13.6. The van der Waals surface area contributed by atoms with Crippen LogP contribution >= 0.6 is 0 Å². The lowest BCUT2D eigenvalue weighted by Gasteiger charge is -2.39. The van der Waals surface area contributed by atoms with E-state index in [0.29, 0.717) is 69.0 Å². The molecule has 6 aliphatic rings. The molecule has 21 nitrogen and oxygen atoms in total. The van der Waals surface area contributed by atoms with Crippen molar-refractivity contribution in [1.82, 2.24) is 39.2 Å². The smallest absolute Gasteiger partial charge is 0.263 e. The average molecular weight is 1430 g/mol. The molecule has 0 saturated carbocycles. The minimum absolute atomic E-state index is 0.179. The molecule has 21 heteroatoms. The summed E-state index contributed by atoms with van der Waals surface area (Å²) in [7, 11) is 6.61. The molecule has 0 bridgehead atoms. The lowest BCUT2D eigenvalue weighted by Crippen LogP contribution is -2.47. The summed E-state index contributed by atoms with van der Waals surface area (Å²) < 4.78 is 23.5. The summed E-state index contributed by atoms with van der Waals surface area (Å²) in [4.78, 5) is 98.3. The molecule has 3 saturated heterocycles. The Morgan fingerprint density at radius 1 is 0.406 bits per heavy atom. The van der Waals surface area contributed by atoms with E-state index in [1.54, 1.807) is 62.4 Å². The minimum atomic E-state index is -0.257. The average Bonchev–Trinajstić information content (AvgIpc) is 1.61. The van der Waals surface area contributed by atoms with Gasteiger partial charge in [-0.05, 0) is 123 Å². The number of aromatic nitrogens is 2. The number of hydrogen-bond acceptors (Lipinski definition) is 17. The van der Waals surface area contributed by atoms with Crippen molar-refractivity contribution in [2.24, 2.45) is 7.05 Å². The van der Waals surface area contributed by atoms with E-state index in [9.17, 15) is 28.8 Å². The van der Waals surface area contributed by atoms with Gasteiger partial charge in [-0.1, -0.05) is 121 Å². The number of rotatable bonds is 21. The Bertz CT molecular complexity index is 4680. The molecule has 6 aliphatic heterocycles. The van der Waals surface area contributed by atoms with Gasteiger partial charge in [-0.25, -0.2) is 0 Å². The predicted octanol–water partition coefficient (Wildman–Crippen LogP) is 11.8. The van der Waals surface area contributed by atoms with Crippen molar-refractivity contribution in [3.05, 3.63) is 260 Å². The first-order valence-electron chi connectivity index (χ1n) is 36.6. The molecular formula is C85H93N11O10. The van der Waals surface area contributed by atoms with E-state index in [0.717, 1.165) is 143 Å². The number of imide groups is 3. The molecule has 0 radical (unpaired) electrons. The SMILES string of the molecule is CCOc1cc(CN2C(=O)c3cccc(N4CCN([C@H](C)c5ccccc5)CC4)c3C2=O)ccc1OC.COc1ccc(CN2C(=O)c3cccc(N4CCN(CCc5ccccc5)CC4)c3C2=O)cc1OC.Cc1nn(C)c(C)c1CN1C(=O)c2cccc(N3CCN(Cc4ccccc4)CC3)c2C1=O. The largest absolute Gasteiger partial charge is 0.493 e. The molecule has 0 unspecified atom stereocenters. The van der Waals surface area contributed by atoms with Crippen molar-refractivity contribution in [1.29, 1.82) is 0 Å². The minimum Gasteiger partial charge on any atom is -0.493 e. The van der Waals surface area contributed by atoms with Gasteiger partial charge in [0.1, 0.15) is 0 Å². The van der Waals surface area contributed by atoms with Gasteiger partial charge in [-0.2, -0.15) is 5.10 Å². The molecule has 9 aromatic rings. The number of aryl methyl sites for hydroxylation is 2. The second kappa shape index (κ2) is 32.9. The molecule has 3 fully saturated rings. The third kappa shape index (κ3) is 15.5. The summed E-state index contributed by atoms with van der Waals surface area (Å²) in [5, 5.41) is 4.43. The number of ether oxygens (including phenoxy) is 4. The van der Waals surface area contributed by atoms with Gasteiger partial charge in [-0.15, -0.1) is 0 Å². The first kappa shape index (κ1) is 73.2. The van der Waals surface area contributed by atoms with Crippen molar-refractivity contribution in [2.45, 2.75) is 66.3 Å². The molecule has 106 heavy (non-hydrogen) atoms. The number of carbonyl (C=O) groups excluding carboxylic acids is 6. The van der Waals surface area contributed by atoms with Crippen molar-refractivity contribution in [3.8, 4) is 23.0 Å². The van der Waals surface area contributed by atoms with Crippen LogP contribution in [0.15, 0.2) is 182 Å². The molecule has 1 atom stereocenters. The van der Waals surface area contributed by atoms with Gasteiger partial charge in [-0.3, -0.25) is 62.8 Å². The second-order valence-electron chi connectivity index (χ2n) is 27.5. The van der Waals surface area contributed by atoms with Crippen LogP contribution in [0.25, 0.3) is 0 Å². The van der Waals surface area contributed by atoms with Crippen molar-refractivity contribution in [2.75, 3.05) is 128 Å². The van der Waals surface area contributed by atoms with E-state index < -0.39 is 0 Å². The maximum Gasteiger partial charge on any atom is 0.263 e. The molecule has 7 heterocycles. The lowest BCUT2D eigenvalue weighted by atomic mass is 10.0. The van der Waals surface area contributed by atoms with Gasteiger partial charge in [0.25, 0.3) is 35.4 Å². The van der Waals surface area contributed by atoms with Crippen LogP contribution in [-0.4, -0.2) is 188 Å². The Balaban J connectivity index is 0.000000141. The monoisotopic (exact) mass is 1430 g/mol. The number of nitrogens with zero attached hydrogens (tertiary/aromatic N) is 11. The Morgan fingerprint density at radius 3 is 1.26 bits per heavy atom. The van der Waals surface area contributed by atoms with Crippen LogP contribution < -0.4 is 33.6 Å². The summed E-state index contributed by atoms with van der Waals surface area (Å²) in [6.45, 7) is 21.4. The van der Waals surface area contributed by atoms with Crippen LogP contribution in [0.1, 0.15) is 127 Å². The third-order valence-electron chi connectivity index (χ3n) is 21.3. The maximum atomic E-state index is 13.6. The van der Waals surface area contributed by atoms with Gasteiger partial charge in [0.15, 0.2) is 23.0 Å². The van der Waals surface area contributed by atoms with Crippen LogP contribution in [0, 0.1) is 13.8 Å². The first-order valence-corrected chi connectivity index (χ1v) is 36.6. The zero-order chi connectivity index (χ0) is 74.1. The quantitative estimate of drug-likeness (QED) is 0.0618. The summed E-state index contributed by atoms with van der Waals surface area (Å²) in [5.74, 6) is 0.961. The predicted molar refractivity (Wildman–Crippen MR) is 410 cm³/mol. The van der Waals surface area contributed by atoms with E-state index >= 15 is 0 Å². The number of amides is 6. The Morgan fingerprint density at radius 2 is 0.821 bits per heavy atom. The number of fused-ring (bicyclic) bond motifs is 3. The standard InChI is InChI=1S/C30H33N3O4.C29H31N3O4.C26H29N5O2/c1-4-37-27-19-22(13-14-26(27)36-3)20-33-29(34)24-11-8-12-25(28(24)30(33)35)32-17-15-31(16-18-32)21(2)23-9-6-5-7-10-23;1-35-25-12-11-22(19-26(25)36-2)20-32-28(33)23-9-6-10-24(27(23)29(32)34)31-17-15-30(16-18-31)14-13-21-7-4-3-5-8-21;1-18-22(19(2)28(3)27-18)17-31-25(32)21-10-7-11-23(24(21)26(31)33)30-14-12-29(13-15-30)16-20-8-5-4-6-9-20/h5-14,19,21H,4,15-18,20H2,1-3H3;3-12,19H,13-18,20H2,1-2H3;4-11H,12-17H2,1-3H3/t21-;;/m1../s1. The Hall–Kier alpha value is -11.1. The van der Waals surface area contributed by atoms with Gasteiger partial charge < -0.3 is 33.6 Å². The molecule has 0 spiro atoms. The number of benzene rings is 8. The second-order valence-corrected chi connectivity index (χ2v) is 27.5. The van der Waals surface area contributed by atoms with Gasteiger partial charge >= 0.3 is 0 Å². The van der Waals surface area contributed by atoms with Crippen molar-refractivity contribution < 1.29 is 47.7 Å². The van der Waals surface area contributed by atoms with Gasteiger partial charge in [0.05, 0.1) is 104 Å². The van der Waals surface area contributed by atoms with Crippen molar-refractivity contribution >= 4 is 52.5 Å². The highest BCUT2D eigenvalue weighted by Crippen LogP contribution is 2.39. The van der Waals surface area contributed by atoms with E-state index in [1.165, 1.54) is 31.4 Å². The molecule has 0 aliphatic carbocycles. The number of hydrogen-bond donors (Lipinski definition) is 0. The fraction of sp³-hybridized carbons (Fsp3) is 0.329. The Labute approximate surface area is 620 Å². The molecule has 15 rings (SSSR count). The summed E-state index contributed by atoms with van der Waals surface area (Å²) >= 11 is 0. The fourth-order valence-electron chi connectivity index (χ4n) is 15.2. The number of piperazine rings is 3. The topological polar surface area (TPSA) is 186 Å². The summed E-state index contributed by atoms with van der Waals surface area (Å²) in [6, 6.07) is 59.6. The molecule has 8 aromatic carbocycles. The summed E-state index contributed by atoms with van der Waals surface area (Å²) in [5.41, 5.74) is 13.9. The third-order valence-corrected chi connectivity index (χ3v) is 21.3. The Kier molecular flexibility index (Phi) is 22.7. The van der Waals surface area contributed by atoms with Crippen LogP contribution in [0.2, 0.25) is 0 Å². The van der Waals surface area contributed by atoms with E-state index in [2.05, 4.69) is 114 Å². The van der Waals surface area contributed by atoms with Gasteiger partial charge in [0.2, 0.25) is 0 Å². The molecule has 548 valence electrons. The zero-order valence-corrected chi connectivity index (χ0v) is 61.8. The number of carbonyl (C=O) groups is 6. The van der Waals surface area contributed by atoms with Crippen LogP contribution in [-0.2, 0) is 39.6 Å². The van der Waals surface area contributed by atoms with Crippen LogP contribution in [0.3, 0.4) is 0 Å². The summed E-state index contributed by atoms with van der Waals surface area (Å²) in [6.07, 6.45) is 1.03.